The first kappa shape index (κ1) is 17.8. The Hall–Kier alpha value is -2.06. The molecule has 25 heavy (non-hydrogen) atoms. The largest absolute Gasteiger partial charge is 0.325 e. The summed E-state index contributed by atoms with van der Waals surface area (Å²) in [4.78, 5) is 12.7. The number of carbonyl (C=O) groups excluding carboxylic acids is 1. The van der Waals surface area contributed by atoms with Crippen LogP contribution < -0.4 is 10.0 Å². The fourth-order valence-electron chi connectivity index (χ4n) is 2.47. The van der Waals surface area contributed by atoms with E-state index in [1.165, 1.54) is 36.0 Å². The lowest BCUT2D eigenvalue weighted by Crippen LogP contribution is -2.15. The number of hydrogen-bond acceptors (Lipinski definition) is 4. The molecule has 1 heterocycles. The fourth-order valence-corrected chi connectivity index (χ4v) is 4.59. The van der Waals surface area contributed by atoms with E-state index in [2.05, 4.69) is 10.0 Å². The minimum Gasteiger partial charge on any atom is -0.325 e. The van der Waals surface area contributed by atoms with E-state index in [9.17, 15) is 17.6 Å². The van der Waals surface area contributed by atoms with Crippen LogP contribution in [0.25, 0.3) is 0 Å². The number of fused-ring (bicyclic) bond motifs is 1. The van der Waals surface area contributed by atoms with Crippen molar-refractivity contribution in [2.45, 2.75) is 35.3 Å². The summed E-state index contributed by atoms with van der Waals surface area (Å²) < 4.78 is 41.1. The quantitative estimate of drug-likeness (QED) is 0.850. The van der Waals surface area contributed by atoms with E-state index in [4.69, 9.17) is 0 Å². The first-order valence-corrected chi connectivity index (χ1v) is 10.0. The van der Waals surface area contributed by atoms with Crippen LogP contribution >= 0.6 is 11.8 Å². The molecule has 5 nitrogen and oxygen atoms in total. The molecular weight excluding hydrogens is 363 g/mol. The molecule has 0 spiro atoms. The zero-order chi connectivity index (χ0) is 18.2. The molecule has 1 amide bonds. The molecule has 1 aliphatic rings. The van der Waals surface area contributed by atoms with Crippen molar-refractivity contribution >= 4 is 39.1 Å². The number of hydrogen-bond donors (Lipinski definition) is 2. The maximum Gasteiger partial charge on any atom is 0.261 e. The lowest BCUT2D eigenvalue weighted by Gasteiger charge is -2.12. The molecule has 0 aliphatic carbocycles. The molecular formula is C17H17FN2O3S2. The van der Waals surface area contributed by atoms with Gasteiger partial charge in [0.05, 0.1) is 16.3 Å². The van der Waals surface area contributed by atoms with Crippen LogP contribution in [0.4, 0.5) is 15.8 Å². The van der Waals surface area contributed by atoms with Crippen molar-refractivity contribution in [2.75, 3.05) is 10.0 Å². The number of sulfonamides is 1. The van der Waals surface area contributed by atoms with Gasteiger partial charge in [0.1, 0.15) is 5.82 Å². The molecule has 0 radical (unpaired) electrons. The van der Waals surface area contributed by atoms with E-state index in [1.54, 1.807) is 13.0 Å². The van der Waals surface area contributed by atoms with Gasteiger partial charge in [0.2, 0.25) is 5.91 Å². The van der Waals surface area contributed by atoms with Gasteiger partial charge in [-0.05, 0) is 42.8 Å². The van der Waals surface area contributed by atoms with Gasteiger partial charge in [-0.1, -0.05) is 13.0 Å². The van der Waals surface area contributed by atoms with Gasteiger partial charge < -0.3 is 5.32 Å². The Morgan fingerprint density at radius 1 is 1.24 bits per heavy atom. The van der Waals surface area contributed by atoms with Crippen molar-refractivity contribution in [1.29, 1.82) is 0 Å². The van der Waals surface area contributed by atoms with Gasteiger partial charge >= 0.3 is 0 Å². The molecule has 0 unspecified atom stereocenters. The Morgan fingerprint density at radius 3 is 2.72 bits per heavy atom. The molecule has 0 aromatic heterocycles. The third kappa shape index (κ3) is 3.96. The minimum absolute atomic E-state index is 0.00249. The van der Waals surface area contributed by atoms with Gasteiger partial charge in [-0.2, -0.15) is 0 Å². The molecule has 3 rings (SSSR count). The molecule has 0 saturated heterocycles. The van der Waals surface area contributed by atoms with Crippen molar-refractivity contribution in [3.63, 3.8) is 0 Å². The molecule has 0 fully saturated rings. The van der Waals surface area contributed by atoms with Crippen LogP contribution in [0.15, 0.2) is 46.2 Å². The summed E-state index contributed by atoms with van der Waals surface area (Å²) in [5.74, 6) is -0.637. The number of rotatable bonds is 3. The highest BCUT2D eigenvalue weighted by molar-refractivity contribution is 8.00. The highest BCUT2D eigenvalue weighted by Gasteiger charge is 2.22. The van der Waals surface area contributed by atoms with E-state index in [-0.39, 0.29) is 21.7 Å². The third-order valence-electron chi connectivity index (χ3n) is 3.76. The highest BCUT2D eigenvalue weighted by atomic mass is 32.2. The van der Waals surface area contributed by atoms with Crippen LogP contribution in [0, 0.1) is 12.7 Å². The van der Waals surface area contributed by atoms with Crippen molar-refractivity contribution in [1.82, 2.24) is 0 Å². The molecule has 132 valence electrons. The number of nitrogens with one attached hydrogen (secondary N) is 2. The van der Waals surface area contributed by atoms with Crippen molar-refractivity contribution < 1.29 is 17.6 Å². The maximum absolute atomic E-state index is 13.6. The first-order chi connectivity index (χ1) is 11.7. The minimum atomic E-state index is -3.90. The maximum atomic E-state index is 13.6. The molecule has 2 aromatic carbocycles. The van der Waals surface area contributed by atoms with Gasteiger partial charge in [-0.3, -0.25) is 9.52 Å². The van der Waals surface area contributed by atoms with E-state index in [1.807, 2.05) is 6.92 Å². The zero-order valence-electron chi connectivity index (χ0n) is 13.7. The molecule has 2 N–H and O–H groups in total. The van der Waals surface area contributed by atoms with Crippen LogP contribution in [0.1, 0.15) is 18.9 Å². The number of anilines is 2. The summed E-state index contributed by atoms with van der Waals surface area (Å²) in [6.07, 6.45) is 0.363. The Balaban J connectivity index is 1.92. The number of benzene rings is 2. The summed E-state index contributed by atoms with van der Waals surface area (Å²) in [7, 11) is -3.90. The summed E-state index contributed by atoms with van der Waals surface area (Å²) in [5.41, 5.74) is 1.05. The average Bonchev–Trinajstić information content (AvgIpc) is 2.66. The number of halogens is 1. The van der Waals surface area contributed by atoms with Crippen LogP contribution in [0.2, 0.25) is 0 Å². The highest BCUT2D eigenvalue weighted by Crippen LogP contribution is 2.36. The molecule has 2 aromatic rings. The van der Waals surface area contributed by atoms with Crippen LogP contribution in [0.5, 0.6) is 0 Å². The summed E-state index contributed by atoms with van der Waals surface area (Å²) in [5, 5.41) is 2.84. The second-order valence-electron chi connectivity index (χ2n) is 5.91. The molecule has 0 bridgehead atoms. The molecule has 8 heteroatoms. The zero-order valence-corrected chi connectivity index (χ0v) is 15.3. The van der Waals surface area contributed by atoms with E-state index in [0.29, 0.717) is 17.7 Å². The number of carbonyl (C=O) groups is 1. The van der Waals surface area contributed by atoms with Gasteiger partial charge in [0.15, 0.2) is 0 Å². The summed E-state index contributed by atoms with van der Waals surface area (Å²) >= 11 is 1.52. The van der Waals surface area contributed by atoms with E-state index in [0.717, 1.165) is 11.0 Å². The van der Waals surface area contributed by atoms with Crippen molar-refractivity contribution in [2.24, 2.45) is 0 Å². The Kier molecular flexibility index (Phi) is 4.75. The fraction of sp³-hybridized carbons (Fsp3) is 0.235. The number of aryl methyl sites for hydroxylation is 1. The van der Waals surface area contributed by atoms with Crippen LogP contribution in [-0.4, -0.2) is 19.6 Å². The predicted octanol–water partition coefficient (Wildman–Crippen LogP) is 3.76. The monoisotopic (exact) mass is 380 g/mol. The second kappa shape index (κ2) is 6.68. The van der Waals surface area contributed by atoms with Gasteiger partial charge in [-0.15, -0.1) is 11.8 Å². The Morgan fingerprint density at radius 2 is 2.00 bits per heavy atom. The summed E-state index contributed by atoms with van der Waals surface area (Å²) in [6.45, 7) is 3.54. The number of amides is 1. The summed E-state index contributed by atoms with van der Waals surface area (Å²) in [6, 6.07) is 8.71. The molecule has 1 atom stereocenters. The van der Waals surface area contributed by atoms with Crippen molar-refractivity contribution in [3.05, 3.63) is 47.8 Å². The Bertz CT molecular complexity index is 945. The topological polar surface area (TPSA) is 75.3 Å². The van der Waals surface area contributed by atoms with Crippen LogP contribution in [-0.2, 0) is 14.8 Å². The van der Waals surface area contributed by atoms with Gasteiger partial charge in [-0.25, -0.2) is 12.8 Å². The second-order valence-corrected chi connectivity index (χ2v) is 9.07. The van der Waals surface area contributed by atoms with Gasteiger partial charge in [0.25, 0.3) is 10.0 Å². The lowest BCUT2D eigenvalue weighted by molar-refractivity contribution is -0.116. The van der Waals surface area contributed by atoms with Crippen LogP contribution in [0.3, 0.4) is 0 Å². The van der Waals surface area contributed by atoms with Crippen molar-refractivity contribution in [3.8, 4) is 0 Å². The first-order valence-electron chi connectivity index (χ1n) is 7.64. The Labute approximate surface area is 150 Å². The smallest absolute Gasteiger partial charge is 0.261 e. The molecule has 0 saturated carbocycles. The lowest BCUT2D eigenvalue weighted by atomic mass is 10.2. The van der Waals surface area contributed by atoms with E-state index < -0.39 is 15.8 Å². The third-order valence-corrected chi connectivity index (χ3v) is 6.32. The normalized spacial score (nSPS) is 17.4. The molecule has 1 aliphatic heterocycles. The number of thioether (sulfide) groups is 1. The van der Waals surface area contributed by atoms with Gasteiger partial charge in [0, 0.05) is 16.6 Å². The average molecular weight is 380 g/mol. The predicted molar refractivity (Wildman–Crippen MR) is 97.0 cm³/mol. The van der Waals surface area contributed by atoms with E-state index >= 15 is 0 Å². The standard InChI is InChI=1S/C17H17FN2O3S2/c1-10-3-4-12(8-14(10)18)20-25(22,23)13-5-6-16-15(9-13)19-17(21)7-11(2)24-16/h3-6,8-9,11,20H,7H2,1-2H3,(H,19,21)/t11-/m1/s1. The SMILES string of the molecule is Cc1ccc(NS(=O)(=O)c2ccc3c(c2)NC(=O)C[C@@H](C)S3)cc1F.